The first-order valence-electron chi connectivity index (χ1n) is 6.00. The maximum Gasteiger partial charge on any atom is 0.220 e. The van der Waals surface area contributed by atoms with Gasteiger partial charge in [-0.15, -0.1) is 0 Å². The van der Waals surface area contributed by atoms with Crippen molar-refractivity contribution < 1.29 is 19.8 Å². The highest BCUT2D eigenvalue weighted by atomic mass is 16.4. The lowest BCUT2D eigenvalue weighted by Crippen LogP contribution is -2.55. The molecule has 5 nitrogen and oxygen atoms in total. The van der Waals surface area contributed by atoms with Crippen molar-refractivity contribution in [2.45, 2.75) is 25.2 Å². The van der Waals surface area contributed by atoms with Crippen molar-refractivity contribution in [1.82, 2.24) is 0 Å². The van der Waals surface area contributed by atoms with Crippen LogP contribution in [0.15, 0.2) is 29.3 Å². The molecule has 98 valence electrons. The second-order valence-electron chi connectivity index (χ2n) is 5.11. The number of hydrogen-bond acceptors (Lipinski definition) is 5. The number of fused-ring (bicyclic) bond motifs is 3. The topological polar surface area (TPSA) is 87.0 Å². The number of hydrogen-bond donors (Lipinski definition) is 2. The number of rotatable bonds is 1. The lowest BCUT2D eigenvalue weighted by molar-refractivity contribution is -0.142. The van der Waals surface area contributed by atoms with Crippen molar-refractivity contribution in [2.24, 2.45) is 10.9 Å². The minimum Gasteiger partial charge on any atom is -0.376 e. The molecule has 5 heteroatoms. The van der Waals surface area contributed by atoms with Crippen molar-refractivity contribution in [3.05, 3.63) is 35.4 Å². The van der Waals surface area contributed by atoms with Crippen LogP contribution in [0.4, 0.5) is 0 Å². The molecule has 0 fully saturated rings. The number of nitrogens with zero attached hydrogens (tertiary/aromatic N) is 1. The highest BCUT2D eigenvalue weighted by Gasteiger charge is 2.71. The molecule has 1 aromatic rings. The smallest absolute Gasteiger partial charge is 0.220 e. The Morgan fingerprint density at radius 3 is 2.58 bits per heavy atom. The summed E-state index contributed by atoms with van der Waals surface area (Å²) in [5.74, 6) is -2.13. The Labute approximate surface area is 109 Å². The molecule has 19 heavy (non-hydrogen) atoms. The Morgan fingerprint density at radius 1 is 1.32 bits per heavy atom. The summed E-state index contributed by atoms with van der Waals surface area (Å²) >= 11 is 0. The average molecular weight is 259 g/mol. The SMILES string of the molecule is CC(=O)C1C(C)=NC2(O)c3ccccc3C(=O)C12O. The quantitative estimate of drug-likeness (QED) is 0.766. The molecule has 0 saturated heterocycles. The largest absolute Gasteiger partial charge is 0.376 e. The minimum absolute atomic E-state index is 0.218. The molecule has 3 rings (SSSR count). The summed E-state index contributed by atoms with van der Waals surface area (Å²) < 4.78 is 0. The summed E-state index contributed by atoms with van der Waals surface area (Å²) in [4.78, 5) is 28.2. The van der Waals surface area contributed by atoms with Gasteiger partial charge < -0.3 is 10.2 Å². The summed E-state index contributed by atoms with van der Waals surface area (Å²) in [5.41, 5.74) is -3.52. The van der Waals surface area contributed by atoms with E-state index in [1.165, 1.54) is 19.9 Å². The highest BCUT2D eigenvalue weighted by molar-refractivity contribution is 6.19. The molecule has 3 unspecified atom stereocenters. The molecule has 3 atom stereocenters. The van der Waals surface area contributed by atoms with E-state index in [-0.39, 0.29) is 22.6 Å². The van der Waals surface area contributed by atoms with Crippen LogP contribution in [-0.2, 0) is 10.5 Å². The Hall–Kier alpha value is -1.85. The van der Waals surface area contributed by atoms with Crippen molar-refractivity contribution in [2.75, 3.05) is 0 Å². The van der Waals surface area contributed by atoms with Crippen LogP contribution in [0.3, 0.4) is 0 Å². The molecule has 0 amide bonds. The molecular weight excluding hydrogens is 246 g/mol. The van der Waals surface area contributed by atoms with E-state index >= 15 is 0 Å². The van der Waals surface area contributed by atoms with Gasteiger partial charge in [0.1, 0.15) is 5.78 Å². The number of aliphatic imine (C=N–C) groups is 1. The lowest BCUT2D eigenvalue weighted by atomic mass is 9.78. The zero-order chi connectivity index (χ0) is 14.0. The van der Waals surface area contributed by atoms with Gasteiger partial charge in [0.2, 0.25) is 11.5 Å². The summed E-state index contributed by atoms with van der Waals surface area (Å²) in [6.07, 6.45) is 0. The maximum absolute atomic E-state index is 12.4. The van der Waals surface area contributed by atoms with Gasteiger partial charge in [-0.2, -0.15) is 0 Å². The Balaban J connectivity index is 2.33. The van der Waals surface area contributed by atoms with Gasteiger partial charge in [-0.25, -0.2) is 0 Å². The van der Waals surface area contributed by atoms with E-state index in [0.717, 1.165) is 0 Å². The molecule has 0 radical (unpaired) electrons. The van der Waals surface area contributed by atoms with Crippen LogP contribution in [0.5, 0.6) is 0 Å². The second kappa shape index (κ2) is 3.37. The Bertz CT molecular complexity index is 651. The fourth-order valence-corrected chi connectivity index (χ4v) is 3.24. The van der Waals surface area contributed by atoms with E-state index in [1.807, 2.05) is 0 Å². The molecule has 2 aliphatic rings. The van der Waals surface area contributed by atoms with Gasteiger partial charge in [-0.1, -0.05) is 24.3 Å². The zero-order valence-electron chi connectivity index (χ0n) is 10.5. The van der Waals surface area contributed by atoms with Crippen LogP contribution in [-0.4, -0.2) is 33.1 Å². The standard InChI is InChI=1S/C14H13NO4/c1-7-11(8(2)16)13(18)12(17)9-5-3-4-6-10(9)14(13,19)15-7/h3-6,11,18-19H,1-2H3. The molecule has 1 aliphatic heterocycles. The summed E-state index contributed by atoms with van der Waals surface area (Å²) in [5, 5.41) is 21.4. The van der Waals surface area contributed by atoms with Gasteiger partial charge in [0.25, 0.3) is 0 Å². The number of benzene rings is 1. The number of Topliss-reactive ketones (excluding diaryl/α,β-unsaturated/α-hetero) is 2. The van der Waals surface area contributed by atoms with E-state index in [4.69, 9.17) is 0 Å². The van der Waals surface area contributed by atoms with Crippen molar-refractivity contribution in [3.8, 4) is 0 Å². The Kier molecular flexibility index (Phi) is 2.17. The lowest BCUT2D eigenvalue weighted by Gasteiger charge is -2.31. The predicted octanol–water partition coefficient (Wildman–Crippen LogP) is 0.439. The average Bonchev–Trinajstić information content (AvgIpc) is 2.65. The number of carbonyl (C=O) groups excluding carboxylic acids is 2. The van der Waals surface area contributed by atoms with Crippen LogP contribution in [0, 0.1) is 5.92 Å². The molecule has 1 aromatic carbocycles. The first-order chi connectivity index (χ1) is 8.84. The van der Waals surface area contributed by atoms with Gasteiger partial charge in [0, 0.05) is 16.8 Å². The molecule has 0 aromatic heterocycles. The van der Waals surface area contributed by atoms with Gasteiger partial charge in [-0.05, 0) is 13.8 Å². The third-order valence-corrected chi connectivity index (χ3v) is 4.01. The molecule has 0 spiro atoms. The highest BCUT2D eigenvalue weighted by Crippen LogP contribution is 2.53. The fraction of sp³-hybridized carbons (Fsp3) is 0.357. The van der Waals surface area contributed by atoms with Crippen molar-refractivity contribution in [1.29, 1.82) is 0 Å². The number of aliphatic hydroxyl groups is 2. The van der Waals surface area contributed by atoms with Gasteiger partial charge in [-0.3, -0.25) is 14.6 Å². The fourth-order valence-electron chi connectivity index (χ4n) is 3.24. The maximum atomic E-state index is 12.4. The number of ketones is 2. The molecule has 0 bridgehead atoms. The van der Waals surface area contributed by atoms with E-state index in [9.17, 15) is 19.8 Å². The van der Waals surface area contributed by atoms with Crippen LogP contribution in [0.1, 0.15) is 29.8 Å². The third-order valence-electron chi connectivity index (χ3n) is 4.01. The van der Waals surface area contributed by atoms with Crippen molar-refractivity contribution in [3.63, 3.8) is 0 Å². The molecular formula is C14H13NO4. The van der Waals surface area contributed by atoms with E-state index in [1.54, 1.807) is 18.2 Å². The normalized spacial score (nSPS) is 35.9. The van der Waals surface area contributed by atoms with Crippen molar-refractivity contribution >= 4 is 17.3 Å². The molecule has 1 aliphatic carbocycles. The van der Waals surface area contributed by atoms with Gasteiger partial charge in [0.05, 0.1) is 5.92 Å². The van der Waals surface area contributed by atoms with E-state index < -0.39 is 23.0 Å². The number of carbonyl (C=O) groups is 2. The second-order valence-corrected chi connectivity index (χ2v) is 5.11. The third kappa shape index (κ3) is 1.14. The van der Waals surface area contributed by atoms with Crippen LogP contribution in [0.25, 0.3) is 0 Å². The Morgan fingerprint density at radius 2 is 1.95 bits per heavy atom. The zero-order valence-corrected chi connectivity index (χ0v) is 10.5. The molecule has 0 saturated carbocycles. The predicted molar refractivity (Wildman–Crippen MR) is 66.9 cm³/mol. The van der Waals surface area contributed by atoms with E-state index in [2.05, 4.69) is 4.99 Å². The van der Waals surface area contributed by atoms with Gasteiger partial charge >= 0.3 is 0 Å². The molecule has 2 N–H and O–H groups in total. The summed E-state index contributed by atoms with van der Waals surface area (Å²) in [6, 6.07) is 6.37. The summed E-state index contributed by atoms with van der Waals surface area (Å²) in [6.45, 7) is 2.82. The first kappa shape index (κ1) is 12.2. The van der Waals surface area contributed by atoms with E-state index in [0.29, 0.717) is 0 Å². The van der Waals surface area contributed by atoms with Crippen LogP contribution in [0.2, 0.25) is 0 Å². The molecule has 1 heterocycles. The monoisotopic (exact) mass is 259 g/mol. The summed E-state index contributed by atoms with van der Waals surface area (Å²) in [7, 11) is 0. The van der Waals surface area contributed by atoms with Crippen LogP contribution >= 0.6 is 0 Å². The van der Waals surface area contributed by atoms with Crippen LogP contribution < -0.4 is 0 Å². The minimum atomic E-state index is -2.22. The first-order valence-corrected chi connectivity index (χ1v) is 6.00. The van der Waals surface area contributed by atoms with Gasteiger partial charge in [0.15, 0.2) is 5.60 Å².